The molecule has 4 rings (SSSR count). The van der Waals surface area contributed by atoms with Gasteiger partial charge in [-0.3, -0.25) is 4.79 Å². The summed E-state index contributed by atoms with van der Waals surface area (Å²) in [6.07, 6.45) is 1.78. The number of carbonyl (C=O) groups is 1. The van der Waals surface area contributed by atoms with E-state index < -0.39 is 0 Å². The van der Waals surface area contributed by atoms with Gasteiger partial charge >= 0.3 is 0 Å². The number of thioether (sulfide) groups is 1. The molecular formula is C21H14Cl2N2O2S. The standard InChI is InChI=1S/C21H14Cl2N2O2S/c1-12-5-7-13(8-6-12)24-20-18(28-21(26)25-20)11-14-9-10-17(27-14)15-3-2-4-16(22)19(15)23/h2-11H,1H3,(H,24,25,26). The lowest BCUT2D eigenvalue weighted by Crippen LogP contribution is -2.18. The minimum absolute atomic E-state index is 0.179. The van der Waals surface area contributed by atoms with Gasteiger partial charge in [0.15, 0.2) is 0 Å². The second kappa shape index (κ2) is 7.87. The van der Waals surface area contributed by atoms with E-state index in [0.717, 1.165) is 23.0 Å². The van der Waals surface area contributed by atoms with Gasteiger partial charge in [0.05, 0.1) is 20.6 Å². The lowest BCUT2D eigenvalue weighted by molar-refractivity contribution is 0.265. The van der Waals surface area contributed by atoms with Crippen molar-refractivity contribution in [2.24, 2.45) is 4.99 Å². The molecule has 4 nitrogen and oxygen atoms in total. The molecule has 1 aromatic heterocycles. The molecule has 0 aliphatic carbocycles. The number of amides is 1. The quantitative estimate of drug-likeness (QED) is 0.484. The van der Waals surface area contributed by atoms with E-state index in [1.165, 1.54) is 0 Å². The summed E-state index contributed by atoms with van der Waals surface area (Å²) in [6, 6.07) is 16.8. The maximum Gasteiger partial charge on any atom is 0.289 e. The predicted molar refractivity (Wildman–Crippen MR) is 117 cm³/mol. The smallest absolute Gasteiger partial charge is 0.289 e. The summed E-state index contributed by atoms with van der Waals surface area (Å²) in [7, 11) is 0. The number of carbonyl (C=O) groups excluding carboxylic acids is 1. The van der Waals surface area contributed by atoms with Gasteiger partial charge in [0, 0.05) is 5.56 Å². The molecule has 1 amide bonds. The minimum Gasteiger partial charge on any atom is -0.457 e. The number of hydrogen-bond donors (Lipinski definition) is 1. The Labute approximate surface area is 176 Å². The average molecular weight is 429 g/mol. The van der Waals surface area contributed by atoms with Crippen molar-refractivity contribution in [3.63, 3.8) is 0 Å². The van der Waals surface area contributed by atoms with Crippen molar-refractivity contribution >= 4 is 57.8 Å². The van der Waals surface area contributed by atoms with Crippen LogP contribution in [0.2, 0.25) is 10.0 Å². The highest BCUT2D eigenvalue weighted by atomic mass is 35.5. The number of benzene rings is 2. The second-order valence-electron chi connectivity index (χ2n) is 6.12. The van der Waals surface area contributed by atoms with Gasteiger partial charge in [-0.2, -0.15) is 0 Å². The molecule has 28 heavy (non-hydrogen) atoms. The third-order valence-corrected chi connectivity index (χ3v) is 5.69. The molecule has 1 aliphatic rings. The van der Waals surface area contributed by atoms with E-state index in [2.05, 4.69) is 10.3 Å². The molecule has 0 unspecified atom stereocenters. The van der Waals surface area contributed by atoms with Gasteiger partial charge in [0.25, 0.3) is 5.24 Å². The Morgan fingerprint density at radius 2 is 1.86 bits per heavy atom. The molecule has 1 aliphatic heterocycles. The topological polar surface area (TPSA) is 54.6 Å². The maximum absolute atomic E-state index is 11.9. The molecule has 0 saturated carbocycles. The van der Waals surface area contributed by atoms with Crippen LogP contribution in [0.25, 0.3) is 17.4 Å². The van der Waals surface area contributed by atoms with Crippen molar-refractivity contribution in [3.05, 3.63) is 80.9 Å². The molecule has 0 atom stereocenters. The second-order valence-corrected chi connectivity index (χ2v) is 7.92. The van der Waals surface area contributed by atoms with Crippen LogP contribution in [-0.2, 0) is 0 Å². The first kappa shape index (κ1) is 18.9. The number of aliphatic imine (C=N–C) groups is 1. The molecule has 0 bridgehead atoms. The Morgan fingerprint density at radius 3 is 2.64 bits per heavy atom. The summed E-state index contributed by atoms with van der Waals surface area (Å²) in [5.74, 6) is 1.68. The SMILES string of the molecule is Cc1ccc(N=C2NC(=O)SC2=Cc2ccc(-c3cccc(Cl)c3Cl)o2)cc1. The van der Waals surface area contributed by atoms with Crippen molar-refractivity contribution in [2.45, 2.75) is 6.92 Å². The fraction of sp³-hybridized carbons (Fsp3) is 0.0476. The van der Waals surface area contributed by atoms with Crippen molar-refractivity contribution in [2.75, 3.05) is 0 Å². The zero-order valence-electron chi connectivity index (χ0n) is 14.7. The van der Waals surface area contributed by atoms with E-state index in [9.17, 15) is 4.79 Å². The largest absolute Gasteiger partial charge is 0.457 e. The van der Waals surface area contributed by atoms with E-state index in [0.29, 0.717) is 37.9 Å². The number of nitrogens with zero attached hydrogens (tertiary/aromatic N) is 1. The number of rotatable bonds is 3. The van der Waals surface area contributed by atoms with Crippen LogP contribution in [-0.4, -0.2) is 11.1 Å². The first-order valence-electron chi connectivity index (χ1n) is 8.40. The zero-order valence-corrected chi connectivity index (χ0v) is 17.0. The van der Waals surface area contributed by atoms with Crippen LogP contribution in [0.4, 0.5) is 10.5 Å². The summed E-state index contributed by atoms with van der Waals surface area (Å²) in [5.41, 5.74) is 2.62. The van der Waals surface area contributed by atoms with Crippen molar-refractivity contribution in [1.29, 1.82) is 0 Å². The molecule has 1 saturated heterocycles. The first-order chi connectivity index (χ1) is 13.5. The summed E-state index contributed by atoms with van der Waals surface area (Å²) >= 11 is 13.4. The molecular weight excluding hydrogens is 415 g/mol. The molecule has 140 valence electrons. The highest BCUT2D eigenvalue weighted by Crippen LogP contribution is 2.35. The van der Waals surface area contributed by atoms with Gasteiger partial charge in [0.1, 0.15) is 17.4 Å². The molecule has 1 fully saturated rings. The molecule has 2 aromatic carbocycles. The van der Waals surface area contributed by atoms with Crippen molar-refractivity contribution < 1.29 is 9.21 Å². The lowest BCUT2D eigenvalue weighted by atomic mass is 10.2. The van der Waals surface area contributed by atoms with E-state index in [-0.39, 0.29) is 5.24 Å². The van der Waals surface area contributed by atoms with Crippen LogP contribution >= 0.6 is 35.0 Å². The fourth-order valence-electron chi connectivity index (χ4n) is 2.66. The molecule has 2 heterocycles. The number of hydrogen-bond acceptors (Lipinski definition) is 4. The van der Waals surface area contributed by atoms with Crippen LogP contribution in [0.1, 0.15) is 11.3 Å². The third-order valence-electron chi connectivity index (χ3n) is 4.05. The van der Waals surface area contributed by atoms with E-state index >= 15 is 0 Å². The molecule has 0 radical (unpaired) electrons. The summed E-state index contributed by atoms with van der Waals surface area (Å²) < 4.78 is 5.89. The molecule has 7 heteroatoms. The summed E-state index contributed by atoms with van der Waals surface area (Å²) in [6.45, 7) is 2.01. The van der Waals surface area contributed by atoms with Crippen LogP contribution < -0.4 is 5.32 Å². The zero-order chi connectivity index (χ0) is 19.7. The van der Waals surface area contributed by atoms with Crippen molar-refractivity contribution in [1.82, 2.24) is 5.32 Å². The van der Waals surface area contributed by atoms with Gasteiger partial charge in [-0.15, -0.1) is 0 Å². The van der Waals surface area contributed by atoms with Gasteiger partial charge in [0.2, 0.25) is 0 Å². The number of amidine groups is 1. The number of nitrogens with one attached hydrogen (secondary N) is 1. The molecule has 0 spiro atoms. The van der Waals surface area contributed by atoms with Crippen LogP contribution in [0.15, 0.2) is 68.9 Å². The third kappa shape index (κ3) is 4.02. The summed E-state index contributed by atoms with van der Waals surface area (Å²) in [4.78, 5) is 17.1. The maximum atomic E-state index is 11.9. The van der Waals surface area contributed by atoms with Gasteiger partial charge in [-0.1, -0.05) is 47.0 Å². The van der Waals surface area contributed by atoms with E-state index in [4.69, 9.17) is 27.6 Å². The molecule has 1 N–H and O–H groups in total. The van der Waals surface area contributed by atoms with E-state index in [1.54, 1.807) is 12.1 Å². The minimum atomic E-state index is -0.179. The Balaban J connectivity index is 1.66. The lowest BCUT2D eigenvalue weighted by Gasteiger charge is -2.02. The number of furan rings is 1. The Kier molecular flexibility index (Phi) is 5.31. The monoisotopic (exact) mass is 428 g/mol. The van der Waals surface area contributed by atoms with Crippen LogP contribution in [0, 0.1) is 6.92 Å². The number of halogens is 2. The highest BCUT2D eigenvalue weighted by Gasteiger charge is 2.24. The van der Waals surface area contributed by atoms with Crippen LogP contribution in [0.5, 0.6) is 0 Å². The fourth-order valence-corrected chi connectivity index (χ4v) is 3.77. The highest BCUT2D eigenvalue weighted by molar-refractivity contribution is 8.18. The normalized spacial score (nSPS) is 16.8. The van der Waals surface area contributed by atoms with Gasteiger partial charge < -0.3 is 9.73 Å². The predicted octanol–water partition coefficient (Wildman–Crippen LogP) is 7.09. The van der Waals surface area contributed by atoms with E-state index in [1.807, 2.05) is 55.5 Å². The number of aryl methyl sites for hydroxylation is 1. The Hall–Kier alpha value is -2.47. The summed E-state index contributed by atoms with van der Waals surface area (Å²) in [5, 5.41) is 3.49. The Bertz CT molecular complexity index is 1120. The average Bonchev–Trinajstić information content (AvgIpc) is 3.26. The van der Waals surface area contributed by atoms with Crippen molar-refractivity contribution in [3.8, 4) is 11.3 Å². The van der Waals surface area contributed by atoms with Crippen LogP contribution in [0.3, 0.4) is 0 Å². The van der Waals surface area contributed by atoms with Gasteiger partial charge in [-0.25, -0.2) is 4.99 Å². The molecule has 3 aromatic rings. The Morgan fingerprint density at radius 1 is 1.07 bits per heavy atom. The van der Waals surface area contributed by atoms with Gasteiger partial charge in [-0.05, 0) is 61.2 Å². The first-order valence-corrected chi connectivity index (χ1v) is 9.97.